The quantitative estimate of drug-likeness (QED) is 0.185. The fourth-order valence-corrected chi connectivity index (χ4v) is 7.76. The van der Waals surface area contributed by atoms with Crippen LogP contribution in [-0.4, -0.2) is 19.5 Å². The van der Waals surface area contributed by atoms with Crippen molar-refractivity contribution in [2.75, 3.05) is 0 Å². The fourth-order valence-electron chi connectivity index (χ4n) is 6.64. The van der Waals surface area contributed by atoms with Crippen molar-refractivity contribution >= 4 is 75.3 Å². The van der Waals surface area contributed by atoms with Crippen LogP contribution in [-0.2, 0) is 0 Å². The summed E-state index contributed by atoms with van der Waals surface area (Å²) in [6.45, 7) is 0. The van der Waals surface area contributed by atoms with Crippen LogP contribution in [0.1, 0.15) is 20.6 Å². The van der Waals surface area contributed by atoms with E-state index in [4.69, 9.17) is 34.4 Å². The van der Waals surface area contributed by atoms with Gasteiger partial charge in [-0.05, 0) is 47.5 Å². The number of benzene rings is 7. The van der Waals surface area contributed by atoms with Crippen LogP contribution in [0.15, 0.2) is 162 Å². The molecule has 0 aliphatic rings. The monoisotopic (exact) mass is 685 g/mol. The molecule has 0 aliphatic heterocycles. The van der Waals surface area contributed by atoms with Gasteiger partial charge in [-0.15, -0.1) is 11.3 Å². The maximum atomic E-state index is 9.54. The van der Waals surface area contributed by atoms with Crippen molar-refractivity contribution in [3.05, 3.63) is 157 Å². The molecule has 0 amide bonds. The minimum atomic E-state index is -0.586. The molecule has 0 aliphatic carbocycles. The van der Waals surface area contributed by atoms with Crippen LogP contribution in [0.25, 0.3) is 104 Å². The number of hydrogen-bond donors (Lipinski definition) is 0. The summed E-state index contributed by atoms with van der Waals surface area (Å²) in [5.41, 5.74) is 1.87. The summed E-state index contributed by atoms with van der Waals surface area (Å²) in [7, 11) is 0. The molecule has 11 aromatic rings. The summed E-state index contributed by atoms with van der Waals surface area (Å²) in [4.78, 5) is 14.6. The highest BCUT2D eigenvalue weighted by molar-refractivity contribution is 7.26. The molecule has 238 valence electrons. The first-order chi connectivity index (χ1) is 31.5. The number of aromatic nitrogens is 4. The topological polar surface area (TPSA) is 56.7 Å². The normalized spacial score (nSPS) is 16.0. The lowest BCUT2D eigenvalue weighted by molar-refractivity contribution is 0.669. The third kappa shape index (κ3) is 4.30. The minimum Gasteiger partial charge on any atom is -0.456 e. The molecule has 4 aromatic heterocycles. The molecule has 5 nitrogen and oxygen atoms in total. The largest absolute Gasteiger partial charge is 0.456 e. The third-order valence-corrected chi connectivity index (χ3v) is 9.97. The predicted octanol–water partition coefficient (Wildman–Crippen LogP) is 12.2. The van der Waals surface area contributed by atoms with Crippen molar-refractivity contribution in [1.29, 1.82) is 0 Å². The second-order valence-electron chi connectivity index (χ2n) is 11.7. The Hall–Kier alpha value is -6.63. The Morgan fingerprint density at radius 2 is 1.31 bits per heavy atom. The van der Waals surface area contributed by atoms with Gasteiger partial charge in [0.15, 0.2) is 11.6 Å². The number of hydrogen-bond acceptors (Lipinski definition) is 5. The Morgan fingerprint density at radius 3 is 2.20 bits per heavy atom. The average molecular weight is 686 g/mol. The van der Waals surface area contributed by atoms with Crippen LogP contribution in [0.2, 0.25) is 0 Å². The van der Waals surface area contributed by atoms with E-state index in [-0.39, 0.29) is 83.3 Å². The van der Waals surface area contributed by atoms with Crippen LogP contribution in [0.5, 0.6) is 0 Å². The van der Waals surface area contributed by atoms with E-state index in [2.05, 4.69) is 0 Å². The fraction of sp³-hybridized carbons (Fsp3) is 0. The van der Waals surface area contributed by atoms with Crippen molar-refractivity contribution in [3.8, 4) is 39.9 Å². The van der Waals surface area contributed by atoms with Crippen molar-refractivity contribution in [1.82, 2.24) is 19.5 Å². The van der Waals surface area contributed by atoms with E-state index in [1.807, 2.05) is 0 Å². The van der Waals surface area contributed by atoms with E-state index in [9.17, 15) is 5.48 Å². The second kappa shape index (κ2) is 10.9. The second-order valence-corrected chi connectivity index (χ2v) is 12.7. The Kier molecular flexibility index (Phi) is 3.72. The SMILES string of the molecule is [2H]c1c([2H])c([2H])c(-c2cccc3oc4cc(-c5nc(-c6ccccc6)nc(-n6c7c([2H])c([2H])c([2H])c([2H])c7c7c8sc9c([2H])c([2H])c([2H])c([2H])c9c8c([2H])c([2H])c76)n5)ccc4c23)c([2H])c1[2H]. The first-order valence-corrected chi connectivity index (χ1v) is 16.5. The lowest BCUT2D eigenvalue weighted by Crippen LogP contribution is -2.06. The number of furan rings is 1. The summed E-state index contributed by atoms with van der Waals surface area (Å²) in [6, 6.07) is 12.1. The molecule has 0 saturated carbocycles. The summed E-state index contributed by atoms with van der Waals surface area (Å²) < 4.78 is 139. The first-order valence-electron chi connectivity index (χ1n) is 23.2. The van der Waals surface area contributed by atoms with Crippen molar-refractivity contribution in [2.45, 2.75) is 0 Å². The molecule has 0 fully saturated rings. The number of nitrogens with zero attached hydrogens (tertiary/aromatic N) is 4. The standard InChI is InChI=1S/C45H26N4OS/c1-3-12-27(13-4-1)30-18-11-20-37-40(30)34-23-22-29(26-38(34)50-37)44-46-43(28-14-5-2-6-15-28)47-45(48-44)49-35-19-9-7-17-33(35)41-36(49)25-24-32-31-16-8-10-21-39(31)51-42(32)41/h1-26H/i1D,3D,4D,7D,8D,9D,10D,12D,13D,16D,17D,19D,21D,24D,25D. The minimum absolute atomic E-state index is 0.0113. The maximum Gasteiger partial charge on any atom is 0.238 e. The molecule has 7 aromatic carbocycles. The molecule has 0 spiro atoms. The van der Waals surface area contributed by atoms with Gasteiger partial charge in [0.05, 0.1) is 31.6 Å². The molecule has 6 heteroatoms. The van der Waals surface area contributed by atoms with Gasteiger partial charge in [-0.3, -0.25) is 4.57 Å². The smallest absolute Gasteiger partial charge is 0.238 e. The predicted molar refractivity (Wildman–Crippen MR) is 211 cm³/mol. The molecule has 0 N–H and O–H groups in total. The third-order valence-electron chi connectivity index (χ3n) is 8.85. The molecule has 0 unspecified atom stereocenters. The summed E-state index contributed by atoms with van der Waals surface area (Å²) in [5, 5.41) is 1.22. The molecule has 11 rings (SSSR count). The summed E-state index contributed by atoms with van der Waals surface area (Å²) in [5.74, 6) is 0.0469. The van der Waals surface area contributed by atoms with E-state index < -0.39 is 72.5 Å². The highest BCUT2D eigenvalue weighted by Crippen LogP contribution is 2.43. The lowest BCUT2D eigenvalue weighted by atomic mass is 9.99. The van der Waals surface area contributed by atoms with Gasteiger partial charge >= 0.3 is 0 Å². The number of thiophene rings is 1. The summed E-state index contributed by atoms with van der Waals surface area (Å²) in [6.07, 6.45) is 0. The van der Waals surface area contributed by atoms with Crippen LogP contribution in [0.4, 0.5) is 0 Å². The first kappa shape index (κ1) is 17.3. The average Bonchev–Trinajstić information content (AvgIpc) is 4.03. The Morgan fingerprint density at radius 1 is 0.529 bits per heavy atom. The van der Waals surface area contributed by atoms with Crippen molar-refractivity contribution in [3.63, 3.8) is 0 Å². The van der Waals surface area contributed by atoms with Gasteiger partial charge < -0.3 is 4.42 Å². The van der Waals surface area contributed by atoms with E-state index in [0.717, 1.165) is 11.3 Å². The van der Waals surface area contributed by atoms with E-state index in [1.54, 1.807) is 66.7 Å². The molecule has 0 bridgehead atoms. The number of rotatable bonds is 4. The highest BCUT2D eigenvalue weighted by Gasteiger charge is 2.21. The molecular weight excluding hydrogens is 645 g/mol. The molecule has 0 atom stereocenters. The molecule has 0 saturated heterocycles. The van der Waals surface area contributed by atoms with Gasteiger partial charge in [0.1, 0.15) is 11.2 Å². The van der Waals surface area contributed by atoms with Crippen LogP contribution in [0, 0.1) is 0 Å². The molecule has 0 radical (unpaired) electrons. The van der Waals surface area contributed by atoms with E-state index >= 15 is 0 Å². The van der Waals surface area contributed by atoms with Crippen LogP contribution in [0.3, 0.4) is 0 Å². The highest BCUT2D eigenvalue weighted by atomic mass is 32.1. The zero-order valence-corrected chi connectivity index (χ0v) is 26.8. The zero-order valence-electron chi connectivity index (χ0n) is 41.0. The van der Waals surface area contributed by atoms with Crippen LogP contribution >= 0.6 is 11.3 Å². The maximum absolute atomic E-state index is 9.54. The van der Waals surface area contributed by atoms with Crippen molar-refractivity contribution < 1.29 is 25.0 Å². The van der Waals surface area contributed by atoms with Crippen molar-refractivity contribution in [2.24, 2.45) is 0 Å². The van der Waals surface area contributed by atoms with Gasteiger partial charge in [0.2, 0.25) is 5.95 Å². The molecule has 4 heterocycles. The lowest BCUT2D eigenvalue weighted by Gasteiger charge is -2.11. The molecule has 51 heavy (non-hydrogen) atoms. The Labute approximate surface area is 316 Å². The van der Waals surface area contributed by atoms with Gasteiger partial charge in [0.25, 0.3) is 0 Å². The van der Waals surface area contributed by atoms with Gasteiger partial charge in [-0.1, -0.05) is 121 Å². The number of fused-ring (bicyclic) bond motifs is 10. The van der Waals surface area contributed by atoms with E-state index in [1.165, 1.54) is 4.57 Å². The van der Waals surface area contributed by atoms with Crippen LogP contribution < -0.4 is 0 Å². The Balaban J connectivity index is 1.23. The van der Waals surface area contributed by atoms with Gasteiger partial charge in [0, 0.05) is 52.8 Å². The summed E-state index contributed by atoms with van der Waals surface area (Å²) >= 11 is 0.940. The number of para-hydroxylation sites is 1. The van der Waals surface area contributed by atoms with Gasteiger partial charge in [-0.2, -0.15) is 9.97 Å². The molecular formula is C45H26N4OS. The Bertz CT molecular complexity index is 3990. The van der Waals surface area contributed by atoms with Gasteiger partial charge in [-0.25, -0.2) is 4.98 Å². The van der Waals surface area contributed by atoms with E-state index in [0.29, 0.717) is 38.6 Å². The zero-order chi connectivity index (χ0) is 46.5.